The molecule has 1 saturated carbocycles. The first kappa shape index (κ1) is 16.0. The molecule has 5 nitrogen and oxygen atoms in total. The van der Waals surface area contributed by atoms with Gasteiger partial charge in [0.2, 0.25) is 0 Å². The standard InChI is InChI=1S/C17H21N3O2S/c1-17(22,13-8-3-2-4-9-13)11-18-15(21)20-16-19-14(10-23-16)12-6-5-7-12/h2-4,8-10,12,22H,5-7,11H2,1H3,(H2,18,19,20,21). The van der Waals surface area contributed by atoms with Crippen LogP contribution in [0.2, 0.25) is 0 Å². The topological polar surface area (TPSA) is 74.2 Å². The SMILES string of the molecule is CC(O)(CNC(=O)Nc1nc(C2CCC2)cs1)c1ccccc1. The molecule has 2 amide bonds. The molecular formula is C17H21N3O2S. The van der Waals surface area contributed by atoms with E-state index in [2.05, 4.69) is 15.6 Å². The number of urea groups is 1. The molecule has 6 heteroatoms. The van der Waals surface area contributed by atoms with Crippen LogP contribution < -0.4 is 10.6 Å². The fraction of sp³-hybridized carbons (Fsp3) is 0.412. The van der Waals surface area contributed by atoms with Crippen molar-refractivity contribution in [2.45, 2.75) is 37.7 Å². The van der Waals surface area contributed by atoms with Gasteiger partial charge in [0, 0.05) is 11.3 Å². The van der Waals surface area contributed by atoms with Crippen molar-refractivity contribution in [1.82, 2.24) is 10.3 Å². The van der Waals surface area contributed by atoms with E-state index in [1.807, 2.05) is 35.7 Å². The molecule has 1 heterocycles. The quantitative estimate of drug-likeness (QED) is 0.786. The summed E-state index contributed by atoms with van der Waals surface area (Å²) in [6.07, 6.45) is 3.64. The molecule has 1 unspecified atom stereocenters. The molecular weight excluding hydrogens is 310 g/mol. The highest BCUT2D eigenvalue weighted by molar-refractivity contribution is 7.13. The van der Waals surface area contributed by atoms with Crippen molar-refractivity contribution in [2.24, 2.45) is 0 Å². The van der Waals surface area contributed by atoms with Crippen LogP contribution in [0, 0.1) is 0 Å². The first-order valence-corrected chi connectivity index (χ1v) is 8.71. The molecule has 0 saturated heterocycles. The van der Waals surface area contributed by atoms with Gasteiger partial charge >= 0.3 is 6.03 Å². The van der Waals surface area contributed by atoms with Crippen LogP contribution in [0.15, 0.2) is 35.7 Å². The van der Waals surface area contributed by atoms with Crippen LogP contribution in [-0.4, -0.2) is 22.7 Å². The maximum absolute atomic E-state index is 12.0. The monoisotopic (exact) mass is 331 g/mol. The van der Waals surface area contributed by atoms with E-state index in [0.717, 1.165) is 11.3 Å². The molecule has 1 atom stereocenters. The summed E-state index contributed by atoms with van der Waals surface area (Å²) >= 11 is 1.44. The molecule has 3 N–H and O–H groups in total. The number of aliphatic hydroxyl groups is 1. The molecule has 122 valence electrons. The molecule has 1 aliphatic rings. The second-order valence-electron chi connectivity index (χ2n) is 6.15. The van der Waals surface area contributed by atoms with E-state index in [-0.39, 0.29) is 12.6 Å². The van der Waals surface area contributed by atoms with Crippen LogP contribution in [0.5, 0.6) is 0 Å². The average Bonchev–Trinajstić information content (AvgIpc) is 2.92. The second-order valence-corrected chi connectivity index (χ2v) is 7.01. The van der Waals surface area contributed by atoms with E-state index in [1.54, 1.807) is 6.92 Å². The Balaban J connectivity index is 1.52. The van der Waals surface area contributed by atoms with Gasteiger partial charge in [-0.3, -0.25) is 5.32 Å². The fourth-order valence-corrected chi connectivity index (χ4v) is 3.32. The van der Waals surface area contributed by atoms with Crippen LogP contribution in [0.4, 0.5) is 9.93 Å². The van der Waals surface area contributed by atoms with E-state index in [1.165, 1.54) is 30.6 Å². The van der Waals surface area contributed by atoms with Crippen LogP contribution in [0.3, 0.4) is 0 Å². The number of amides is 2. The van der Waals surface area contributed by atoms with Crippen molar-refractivity contribution < 1.29 is 9.90 Å². The predicted octanol–water partition coefficient (Wildman–Crippen LogP) is 3.44. The van der Waals surface area contributed by atoms with Gasteiger partial charge in [-0.1, -0.05) is 36.8 Å². The van der Waals surface area contributed by atoms with Gasteiger partial charge in [-0.25, -0.2) is 9.78 Å². The molecule has 1 aliphatic carbocycles. The molecule has 1 fully saturated rings. The van der Waals surface area contributed by atoms with Gasteiger partial charge in [-0.15, -0.1) is 11.3 Å². The number of benzene rings is 1. The van der Waals surface area contributed by atoms with Crippen molar-refractivity contribution in [3.05, 3.63) is 47.0 Å². The Bertz CT molecular complexity index is 665. The molecule has 2 aromatic rings. The minimum absolute atomic E-state index is 0.129. The van der Waals surface area contributed by atoms with Gasteiger partial charge in [0.1, 0.15) is 5.60 Å². The van der Waals surface area contributed by atoms with E-state index in [9.17, 15) is 9.90 Å². The highest BCUT2D eigenvalue weighted by atomic mass is 32.1. The minimum atomic E-state index is -1.11. The highest BCUT2D eigenvalue weighted by Crippen LogP contribution is 2.37. The number of hydrogen-bond acceptors (Lipinski definition) is 4. The van der Waals surface area contributed by atoms with Gasteiger partial charge in [0.05, 0.1) is 12.2 Å². The van der Waals surface area contributed by atoms with Crippen molar-refractivity contribution in [3.63, 3.8) is 0 Å². The molecule has 1 aromatic carbocycles. The first-order chi connectivity index (χ1) is 11.0. The van der Waals surface area contributed by atoms with Crippen LogP contribution >= 0.6 is 11.3 Å². The van der Waals surface area contributed by atoms with Gasteiger partial charge in [-0.2, -0.15) is 0 Å². The number of carbonyl (C=O) groups is 1. The number of nitrogens with zero attached hydrogens (tertiary/aromatic N) is 1. The summed E-state index contributed by atoms with van der Waals surface area (Å²) in [7, 11) is 0. The summed E-state index contributed by atoms with van der Waals surface area (Å²) in [4.78, 5) is 16.4. The Morgan fingerprint density at radius 2 is 2.13 bits per heavy atom. The second kappa shape index (κ2) is 6.68. The number of hydrogen-bond donors (Lipinski definition) is 3. The number of anilines is 1. The summed E-state index contributed by atoms with van der Waals surface area (Å²) < 4.78 is 0. The molecule has 1 aromatic heterocycles. The number of rotatable bonds is 5. The highest BCUT2D eigenvalue weighted by Gasteiger charge is 2.24. The summed E-state index contributed by atoms with van der Waals surface area (Å²) in [5, 5.41) is 18.5. The lowest BCUT2D eigenvalue weighted by molar-refractivity contribution is 0.0599. The smallest absolute Gasteiger partial charge is 0.321 e. The minimum Gasteiger partial charge on any atom is -0.384 e. The zero-order valence-electron chi connectivity index (χ0n) is 13.1. The Morgan fingerprint density at radius 3 is 2.78 bits per heavy atom. The third-order valence-electron chi connectivity index (χ3n) is 4.25. The van der Waals surface area contributed by atoms with E-state index >= 15 is 0 Å². The molecule has 0 spiro atoms. The van der Waals surface area contributed by atoms with E-state index in [0.29, 0.717) is 11.0 Å². The first-order valence-electron chi connectivity index (χ1n) is 7.83. The number of thiazole rings is 1. The Morgan fingerprint density at radius 1 is 1.39 bits per heavy atom. The fourth-order valence-electron chi connectivity index (χ4n) is 2.53. The van der Waals surface area contributed by atoms with E-state index < -0.39 is 5.60 Å². The molecule has 23 heavy (non-hydrogen) atoms. The summed E-state index contributed by atoms with van der Waals surface area (Å²) in [5.41, 5.74) is 0.730. The molecule has 0 aliphatic heterocycles. The van der Waals surface area contributed by atoms with Gasteiger partial charge < -0.3 is 10.4 Å². The van der Waals surface area contributed by atoms with Gasteiger partial charge in [-0.05, 0) is 25.3 Å². The van der Waals surface area contributed by atoms with Gasteiger partial charge in [0.15, 0.2) is 5.13 Å². The molecule has 0 radical (unpaired) electrons. The van der Waals surface area contributed by atoms with Crippen molar-refractivity contribution in [3.8, 4) is 0 Å². The number of aromatic nitrogens is 1. The van der Waals surface area contributed by atoms with Crippen LogP contribution in [0.25, 0.3) is 0 Å². The average molecular weight is 331 g/mol. The van der Waals surface area contributed by atoms with E-state index in [4.69, 9.17) is 0 Å². The maximum atomic E-state index is 12.0. The maximum Gasteiger partial charge on any atom is 0.321 e. The zero-order chi connectivity index (χ0) is 16.3. The number of carbonyl (C=O) groups excluding carboxylic acids is 1. The van der Waals surface area contributed by atoms with Gasteiger partial charge in [0.25, 0.3) is 0 Å². The Kier molecular flexibility index (Phi) is 4.63. The Hall–Kier alpha value is -1.92. The normalized spacial score (nSPS) is 17.1. The Labute approximate surface area is 139 Å². The largest absolute Gasteiger partial charge is 0.384 e. The third kappa shape index (κ3) is 3.89. The third-order valence-corrected chi connectivity index (χ3v) is 5.03. The number of nitrogens with one attached hydrogen (secondary N) is 2. The predicted molar refractivity (Wildman–Crippen MR) is 91.7 cm³/mol. The lowest BCUT2D eigenvalue weighted by Gasteiger charge is -2.24. The zero-order valence-corrected chi connectivity index (χ0v) is 13.9. The van der Waals surface area contributed by atoms with Crippen LogP contribution in [0.1, 0.15) is 43.4 Å². The van der Waals surface area contributed by atoms with Crippen molar-refractivity contribution in [2.75, 3.05) is 11.9 Å². The lowest BCUT2D eigenvalue weighted by atomic mass is 9.83. The van der Waals surface area contributed by atoms with Crippen molar-refractivity contribution >= 4 is 22.5 Å². The summed E-state index contributed by atoms with van der Waals surface area (Å²) in [6, 6.07) is 8.94. The summed E-state index contributed by atoms with van der Waals surface area (Å²) in [5.74, 6) is 0.559. The van der Waals surface area contributed by atoms with Crippen LogP contribution in [-0.2, 0) is 5.60 Å². The molecule has 0 bridgehead atoms. The summed E-state index contributed by atoms with van der Waals surface area (Å²) in [6.45, 7) is 1.81. The lowest BCUT2D eigenvalue weighted by Crippen LogP contribution is -2.40. The molecule has 3 rings (SSSR count). The van der Waals surface area contributed by atoms with Crippen molar-refractivity contribution in [1.29, 1.82) is 0 Å².